The van der Waals surface area contributed by atoms with Gasteiger partial charge in [-0.3, -0.25) is 0 Å². The Morgan fingerprint density at radius 3 is 2.50 bits per heavy atom. The summed E-state index contributed by atoms with van der Waals surface area (Å²) in [5, 5.41) is 0. The fourth-order valence-electron chi connectivity index (χ4n) is 0.384. The van der Waals surface area contributed by atoms with Gasteiger partial charge in [0.15, 0.2) is 0 Å². The molecule has 0 aromatic rings. The molecule has 1 aliphatic heterocycles. The van der Waals surface area contributed by atoms with Crippen LogP contribution in [0.1, 0.15) is 6.92 Å². The van der Waals surface area contributed by atoms with Gasteiger partial charge in [0.2, 0.25) is 0 Å². The van der Waals surface area contributed by atoms with Crippen LogP contribution in [0.25, 0.3) is 0 Å². The minimum atomic E-state index is 0.491. The third kappa shape index (κ3) is 0.716. The molecule has 0 aromatic heterocycles. The molecule has 1 heterocycles. The molecule has 0 spiro atoms. The molecule has 0 bridgehead atoms. The van der Waals surface area contributed by atoms with Crippen LogP contribution in [0.4, 0.5) is 0 Å². The van der Waals surface area contributed by atoms with Crippen molar-refractivity contribution < 1.29 is 4.74 Å². The zero-order chi connectivity index (χ0) is 4.57. The Hall–Kier alpha value is -0.0400. The van der Waals surface area contributed by atoms with Gasteiger partial charge in [-0.25, -0.2) is 0 Å². The average molecular weight is 85.1 g/mol. The molecule has 1 saturated heterocycles. The number of hydrogen-bond acceptors (Lipinski definition) is 1. The molecular weight excluding hydrogens is 76.1 g/mol. The Labute approximate surface area is 38.3 Å². The predicted octanol–water partition coefficient (Wildman–Crippen LogP) is 0.855. The Morgan fingerprint density at radius 1 is 2.00 bits per heavy atom. The second-order valence-electron chi connectivity index (χ2n) is 1.85. The van der Waals surface area contributed by atoms with Crippen LogP contribution in [0.3, 0.4) is 0 Å². The Morgan fingerprint density at radius 2 is 2.50 bits per heavy atom. The molecule has 1 nitrogen and oxygen atoms in total. The smallest absolute Gasteiger partial charge is 0.0835 e. The highest BCUT2D eigenvalue weighted by Gasteiger charge is 2.25. The van der Waals surface area contributed by atoms with Crippen molar-refractivity contribution in [1.29, 1.82) is 0 Å². The van der Waals surface area contributed by atoms with Crippen molar-refractivity contribution in [2.45, 2.75) is 13.0 Å². The monoisotopic (exact) mass is 85.1 g/mol. The van der Waals surface area contributed by atoms with Crippen molar-refractivity contribution >= 4 is 0 Å². The van der Waals surface area contributed by atoms with Crippen molar-refractivity contribution in [2.24, 2.45) is 5.92 Å². The predicted molar refractivity (Wildman–Crippen MR) is 24.3 cm³/mol. The summed E-state index contributed by atoms with van der Waals surface area (Å²) in [6, 6.07) is 0. The topological polar surface area (TPSA) is 12.5 Å². The van der Waals surface area contributed by atoms with Gasteiger partial charge in [0.25, 0.3) is 0 Å². The molecule has 1 fully saturated rings. The molecule has 1 aliphatic rings. The zero-order valence-electron chi connectivity index (χ0n) is 3.98. The molecule has 6 heavy (non-hydrogen) atoms. The molecule has 1 heteroatoms. The molecule has 0 N–H and O–H groups in total. The second-order valence-corrected chi connectivity index (χ2v) is 1.85. The zero-order valence-corrected chi connectivity index (χ0v) is 3.98. The first-order valence-electron chi connectivity index (χ1n) is 2.25. The average Bonchev–Trinajstić information content (AvgIpc) is 2.06. The van der Waals surface area contributed by atoms with Crippen molar-refractivity contribution in [2.75, 3.05) is 6.61 Å². The van der Waals surface area contributed by atoms with Crippen LogP contribution in [0, 0.1) is 12.8 Å². The standard InChI is InChI=1S/C5H9O/c1-4(2)5-3-6-5/h4-5H,1,3H2,2H3. The first-order chi connectivity index (χ1) is 2.80. The fraction of sp³-hybridized carbons (Fsp3) is 0.800. The van der Waals surface area contributed by atoms with Gasteiger partial charge >= 0.3 is 0 Å². The van der Waals surface area contributed by atoms with Crippen LogP contribution in [-0.4, -0.2) is 12.7 Å². The summed E-state index contributed by atoms with van der Waals surface area (Å²) >= 11 is 0. The van der Waals surface area contributed by atoms with Gasteiger partial charge in [0, 0.05) is 0 Å². The highest BCUT2D eigenvalue weighted by Crippen LogP contribution is 2.17. The SMILES string of the molecule is [CH2]C(C)C1CO1. The number of hydrogen-bond donors (Lipinski definition) is 0. The van der Waals surface area contributed by atoms with E-state index < -0.39 is 0 Å². The molecule has 0 aromatic carbocycles. The first-order valence-corrected chi connectivity index (χ1v) is 2.25. The van der Waals surface area contributed by atoms with E-state index in [1.807, 2.05) is 0 Å². The lowest BCUT2D eigenvalue weighted by Crippen LogP contribution is -1.94. The number of rotatable bonds is 1. The molecular formula is C5H9O. The maximum Gasteiger partial charge on any atom is 0.0835 e. The normalized spacial score (nSPS) is 31.5. The van der Waals surface area contributed by atoms with E-state index in [9.17, 15) is 0 Å². The van der Waals surface area contributed by atoms with Crippen LogP contribution in [0.5, 0.6) is 0 Å². The van der Waals surface area contributed by atoms with Gasteiger partial charge in [0.05, 0.1) is 12.7 Å². The van der Waals surface area contributed by atoms with Crippen molar-refractivity contribution in [3.8, 4) is 0 Å². The van der Waals surface area contributed by atoms with E-state index in [1.54, 1.807) is 0 Å². The van der Waals surface area contributed by atoms with Gasteiger partial charge in [0.1, 0.15) is 0 Å². The summed E-state index contributed by atoms with van der Waals surface area (Å²) < 4.78 is 4.91. The summed E-state index contributed by atoms with van der Waals surface area (Å²) in [5.41, 5.74) is 0. The van der Waals surface area contributed by atoms with E-state index in [2.05, 4.69) is 13.8 Å². The van der Waals surface area contributed by atoms with E-state index in [0.717, 1.165) is 6.61 Å². The van der Waals surface area contributed by atoms with Crippen LogP contribution < -0.4 is 0 Å². The number of ether oxygens (including phenoxy) is 1. The molecule has 2 unspecified atom stereocenters. The highest BCUT2D eigenvalue weighted by atomic mass is 16.6. The van der Waals surface area contributed by atoms with Gasteiger partial charge in [-0.05, 0) is 12.8 Å². The maximum absolute atomic E-state index is 4.91. The largest absolute Gasteiger partial charge is 0.373 e. The van der Waals surface area contributed by atoms with Gasteiger partial charge in [-0.1, -0.05) is 6.92 Å². The Kier molecular flexibility index (Phi) is 0.845. The third-order valence-corrected chi connectivity index (χ3v) is 0.994. The Bertz CT molecular complexity index is 45.9. The molecule has 0 aliphatic carbocycles. The number of epoxide rings is 1. The Balaban J connectivity index is 2.13. The maximum atomic E-state index is 4.91. The molecule has 1 radical (unpaired) electrons. The molecule has 2 atom stereocenters. The second kappa shape index (κ2) is 1.23. The summed E-state index contributed by atoms with van der Waals surface area (Å²) in [6.45, 7) is 6.78. The summed E-state index contributed by atoms with van der Waals surface area (Å²) in [5.74, 6) is 0.491. The minimum absolute atomic E-state index is 0.491. The van der Waals surface area contributed by atoms with E-state index in [0.29, 0.717) is 12.0 Å². The van der Waals surface area contributed by atoms with Crippen LogP contribution in [0.15, 0.2) is 0 Å². The molecule has 0 saturated carbocycles. The lowest BCUT2D eigenvalue weighted by atomic mass is 10.2. The third-order valence-electron chi connectivity index (χ3n) is 0.994. The van der Waals surface area contributed by atoms with E-state index >= 15 is 0 Å². The molecule has 1 rings (SSSR count). The molecule has 0 amide bonds. The quantitative estimate of drug-likeness (QED) is 0.430. The summed E-state index contributed by atoms with van der Waals surface area (Å²) in [6.07, 6.45) is 0.491. The van der Waals surface area contributed by atoms with Crippen molar-refractivity contribution in [3.63, 3.8) is 0 Å². The van der Waals surface area contributed by atoms with Gasteiger partial charge in [-0.15, -0.1) is 0 Å². The van der Waals surface area contributed by atoms with Crippen molar-refractivity contribution in [1.82, 2.24) is 0 Å². The van der Waals surface area contributed by atoms with Crippen LogP contribution >= 0.6 is 0 Å². The fourth-order valence-corrected chi connectivity index (χ4v) is 0.384. The highest BCUT2D eigenvalue weighted by molar-refractivity contribution is 4.76. The van der Waals surface area contributed by atoms with E-state index in [4.69, 9.17) is 4.74 Å². The molecule has 35 valence electrons. The summed E-state index contributed by atoms with van der Waals surface area (Å²) in [4.78, 5) is 0. The van der Waals surface area contributed by atoms with E-state index in [-0.39, 0.29) is 0 Å². The lowest BCUT2D eigenvalue weighted by molar-refractivity contribution is 0.370. The lowest BCUT2D eigenvalue weighted by Gasteiger charge is -1.90. The summed E-state index contributed by atoms with van der Waals surface area (Å²) in [7, 11) is 0. The van der Waals surface area contributed by atoms with E-state index in [1.165, 1.54) is 0 Å². The minimum Gasteiger partial charge on any atom is -0.373 e. The van der Waals surface area contributed by atoms with Crippen LogP contribution in [0.2, 0.25) is 0 Å². The van der Waals surface area contributed by atoms with Crippen LogP contribution in [-0.2, 0) is 4.74 Å². The van der Waals surface area contributed by atoms with Gasteiger partial charge < -0.3 is 4.74 Å². The van der Waals surface area contributed by atoms with Crippen molar-refractivity contribution in [3.05, 3.63) is 6.92 Å². The first kappa shape index (κ1) is 4.13. The van der Waals surface area contributed by atoms with Gasteiger partial charge in [-0.2, -0.15) is 0 Å².